The first-order chi connectivity index (χ1) is 12.8. The number of nitrogens with zero attached hydrogens (tertiary/aromatic N) is 1. The summed E-state index contributed by atoms with van der Waals surface area (Å²) in [7, 11) is 0. The number of rotatable bonds is 8. The molecule has 0 aromatic heterocycles. The first-order valence-corrected chi connectivity index (χ1v) is 8.96. The van der Waals surface area contributed by atoms with Crippen LogP contribution < -0.4 is 10.2 Å². The predicted octanol–water partition coefficient (Wildman–Crippen LogP) is 4.05. The van der Waals surface area contributed by atoms with E-state index in [1.165, 1.54) is 11.1 Å². The van der Waals surface area contributed by atoms with E-state index in [4.69, 9.17) is 0 Å². The lowest BCUT2D eigenvalue weighted by Gasteiger charge is -2.24. The number of amides is 1. The summed E-state index contributed by atoms with van der Waals surface area (Å²) in [5.41, 5.74) is 3.47. The molecule has 0 aliphatic rings. The fourth-order valence-corrected chi connectivity index (χ4v) is 2.90. The van der Waals surface area contributed by atoms with Crippen LogP contribution in [0.1, 0.15) is 11.1 Å². The topological polar surface area (TPSA) is 32.3 Å². The molecule has 0 atom stereocenters. The van der Waals surface area contributed by atoms with Gasteiger partial charge in [0.2, 0.25) is 5.91 Å². The lowest BCUT2D eigenvalue weighted by Crippen LogP contribution is -2.37. The number of anilines is 1. The number of benzene rings is 3. The molecule has 0 heterocycles. The van der Waals surface area contributed by atoms with Gasteiger partial charge in [0.1, 0.15) is 0 Å². The molecular formula is C23H24N2O. The Morgan fingerprint density at radius 3 is 1.88 bits per heavy atom. The van der Waals surface area contributed by atoms with Gasteiger partial charge in [-0.15, -0.1) is 0 Å². The van der Waals surface area contributed by atoms with Crippen LogP contribution in [-0.2, 0) is 17.8 Å². The van der Waals surface area contributed by atoms with Gasteiger partial charge in [-0.25, -0.2) is 0 Å². The smallest absolute Gasteiger partial charge is 0.239 e. The van der Waals surface area contributed by atoms with Crippen molar-refractivity contribution in [2.45, 2.75) is 13.0 Å². The maximum Gasteiger partial charge on any atom is 0.239 e. The third kappa shape index (κ3) is 5.49. The molecule has 3 aromatic rings. The van der Waals surface area contributed by atoms with Gasteiger partial charge in [0, 0.05) is 18.8 Å². The maximum atomic E-state index is 12.5. The maximum absolute atomic E-state index is 12.5. The predicted molar refractivity (Wildman–Crippen MR) is 107 cm³/mol. The normalized spacial score (nSPS) is 10.3. The van der Waals surface area contributed by atoms with Crippen molar-refractivity contribution in [2.24, 2.45) is 0 Å². The Morgan fingerprint density at radius 1 is 0.731 bits per heavy atom. The summed E-state index contributed by atoms with van der Waals surface area (Å²) in [6.07, 6.45) is 0.844. The molecule has 3 aromatic carbocycles. The zero-order valence-electron chi connectivity index (χ0n) is 14.8. The van der Waals surface area contributed by atoms with Gasteiger partial charge in [0.25, 0.3) is 0 Å². The second-order valence-corrected chi connectivity index (χ2v) is 6.26. The third-order valence-electron chi connectivity index (χ3n) is 4.25. The molecule has 0 aliphatic carbocycles. The molecule has 0 bridgehead atoms. The molecule has 0 aliphatic heterocycles. The summed E-state index contributed by atoms with van der Waals surface area (Å²) in [5, 5.41) is 3.04. The molecule has 26 heavy (non-hydrogen) atoms. The minimum absolute atomic E-state index is 0.0423. The molecule has 0 fully saturated rings. The number of carbonyl (C=O) groups is 1. The lowest BCUT2D eigenvalue weighted by molar-refractivity contribution is -0.119. The Bertz CT molecular complexity index is 788. The molecule has 0 saturated heterocycles. The highest BCUT2D eigenvalue weighted by molar-refractivity contribution is 5.81. The molecule has 1 N–H and O–H groups in total. The molecule has 0 radical (unpaired) electrons. The molecule has 0 saturated carbocycles. The van der Waals surface area contributed by atoms with E-state index >= 15 is 0 Å². The molecule has 3 nitrogen and oxygen atoms in total. The fraction of sp³-hybridized carbons (Fsp3) is 0.174. The Labute approximate surface area is 155 Å². The van der Waals surface area contributed by atoms with Crippen LogP contribution in [0.4, 0.5) is 5.69 Å². The first-order valence-electron chi connectivity index (χ1n) is 8.96. The van der Waals surface area contributed by atoms with E-state index < -0.39 is 0 Å². The summed E-state index contributed by atoms with van der Waals surface area (Å²) in [6, 6.07) is 30.5. The minimum Gasteiger partial charge on any atom is -0.358 e. The zero-order chi connectivity index (χ0) is 18.0. The van der Waals surface area contributed by atoms with Crippen LogP contribution in [0.5, 0.6) is 0 Å². The van der Waals surface area contributed by atoms with Gasteiger partial charge >= 0.3 is 0 Å². The van der Waals surface area contributed by atoms with Crippen molar-refractivity contribution in [2.75, 3.05) is 18.0 Å². The summed E-state index contributed by atoms with van der Waals surface area (Å²) in [6.45, 7) is 1.70. The Morgan fingerprint density at radius 2 is 1.27 bits per heavy atom. The quantitative estimate of drug-likeness (QED) is 0.668. The van der Waals surface area contributed by atoms with Crippen molar-refractivity contribution in [1.82, 2.24) is 5.32 Å². The SMILES string of the molecule is O=C(CN(Cc1ccccc1)c1ccccc1)NCCc1ccccc1. The standard InChI is InChI=1S/C23H24N2O/c26-23(24-17-16-20-10-4-1-5-11-20)19-25(22-14-8-3-9-15-22)18-21-12-6-2-7-13-21/h1-15H,16-19H2,(H,24,26). The molecule has 132 valence electrons. The highest BCUT2D eigenvalue weighted by Gasteiger charge is 2.12. The van der Waals surface area contributed by atoms with Crippen LogP contribution in [-0.4, -0.2) is 19.0 Å². The zero-order valence-corrected chi connectivity index (χ0v) is 14.8. The van der Waals surface area contributed by atoms with Crippen molar-refractivity contribution < 1.29 is 4.79 Å². The number of nitrogens with one attached hydrogen (secondary N) is 1. The number of hydrogen-bond donors (Lipinski definition) is 1. The van der Waals surface area contributed by atoms with E-state index in [1.54, 1.807) is 0 Å². The van der Waals surface area contributed by atoms with Crippen LogP contribution in [0.15, 0.2) is 91.0 Å². The number of para-hydroxylation sites is 1. The molecule has 3 rings (SSSR count). The molecule has 1 amide bonds. The van der Waals surface area contributed by atoms with E-state index in [0.717, 1.165) is 12.1 Å². The van der Waals surface area contributed by atoms with E-state index in [1.807, 2.05) is 66.7 Å². The van der Waals surface area contributed by atoms with Crippen molar-refractivity contribution in [3.05, 3.63) is 102 Å². The van der Waals surface area contributed by atoms with Crippen LogP contribution >= 0.6 is 0 Å². The van der Waals surface area contributed by atoms with Crippen molar-refractivity contribution in [1.29, 1.82) is 0 Å². The van der Waals surface area contributed by atoms with Crippen molar-refractivity contribution >= 4 is 11.6 Å². The van der Waals surface area contributed by atoms with Gasteiger partial charge in [-0.1, -0.05) is 78.9 Å². The fourth-order valence-electron chi connectivity index (χ4n) is 2.90. The first kappa shape index (κ1) is 17.7. The van der Waals surface area contributed by atoms with E-state index in [2.05, 4.69) is 34.5 Å². The average molecular weight is 344 g/mol. The van der Waals surface area contributed by atoms with Crippen molar-refractivity contribution in [3.8, 4) is 0 Å². The van der Waals surface area contributed by atoms with Gasteiger partial charge in [0.15, 0.2) is 0 Å². The highest BCUT2D eigenvalue weighted by atomic mass is 16.2. The third-order valence-corrected chi connectivity index (χ3v) is 4.25. The summed E-state index contributed by atoms with van der Waals surface area (Å²) in [5.74, 6) is 0.0423. The molecule has 3 heteroatoms. The number of carbonyl (C=O) groups excluding carboxylic acids is 1. The van der Waals surface area contributed by atoms with Gasteiger partial charge in [-0.3, -0.25) is 4.79 Å². The Balaban J connectivity index is 1.59. The average Bonchev–Trinajstić information content (AvgIpc) is 2.70. The second kappa shape index (κ2) is 9.42. The van der Waals surface area contributed by atoms with E-state index in [0.29, 0.717) is 19.6 Å². The highest BCUT2D eigenvalue weighted by Crippen LogP contribution is 2.16. The second-order valence-electron chi connectivity index (χ2n) is 6.26. The van der Waals surface area contributed by atoms with E-state index in [-0.39, 0.29) is 5.91 Å². The van der Waals surface area contributed by atoms with Crippen LogP contribution in [0, 0.1) is 0 Å². The van der Waals surface area contributed by atoms with Gasteiger partial charge < -0.3 is 10.2 Å². The van der Waals surface area contributed by atoms with E-state index in [9.17, 15) is 4.79 Å². The van der Waals surface area contributed by atoms with Gasteiger partial charge in [-0.2, -0.15) is 0 Å². The van der Waals surface area contributed by atoms with Crippen LogP contribution in [0.25, 0.3) is 0 Å². The van der Waals surface area contributed by atoms with Crippen LogP contribution in [0.2, 0.25) is 0 Å². The summed E-state index contributed by atoms with van der Waals surface area (Å²) >= 11 is 0. The van der Waals surface area contributed by atoms with Crippen LogP contribution in [0.3, 0.4) is 0 Å². The Hall–Kier alpha value is -3.07. The number of hydrogen-bond acceptors (Lipinski definition) is 2. The molecule has 0 unspecified atom stereocenters. The minimum atomic E-state index is 0.0423. The summed E-state index contributed by atoms with van der Waals surface area (Å²) in [4.78, 5) is 14.6. The molecule has 0 spiro atoms. The van der Waals surface area contributed by atoms with Crippen molar-refractivity contribution in [3.63, 3.8) is 0 Å². The largest absolute Gasteiger partial charge is 0.358 e. The Kier molecular flexibility index (Phi) is 6.43. The summed E-state index contributed by atoms with van der Waals surface area (Å²) < 4.78 is 0. The monoisotopic (exact) mass is 344 g/mol. The van der Waals surface area contributed by atoms with Gasteiger partial charge in [0.05, 0.1) is 6.54 Å². The van der Waals surface area contributed by atoms with Gasteiger partial charge in [-0.05, 0) is 29.7 Å². The lowest BCUT2D eigenvalue weighted by atomic mass is 10.1. The molecular weight excluding hydrogens is 320 g/mol.